The highest BCUT2D eigenvalue weighted by atomic mass is 32.1. The Labute approximate surface area is 171 Å². The topological polar surface area (TPSA) is 74.4 Å². The lowest BCUT2D eigenvalue weighted by Gasteiger charge is -2.42. The first-order chi connectivity index (χ1) is 14.1. The molecule has 1 aromatic carbocycles. The molecule has 29 heavy (non-hydrogen) atoms. The van der Waals surface area contributed by atoms with Gasteiger partial charge in [-0.15, -0.1) is 11.3 Å². The highest BCUT2D eigenvalue weighted by Crippen LogP contribution is 2.42. The van der Waals surface area contributed by atoms with Crippen molar-refractivity contribution in [3.63, 3.8) is 0 Å². The van der Waals surface area contributed by atoms with Gasteiger partial charge in [-0.3, -0.25) is 9.59 Å². The van der Waals surface area contributed by atoms with Gasteiger partial charge in [0.2, 0.25) is 0 Å². The number of rotatable bonds is 2. The zero-order valence-electron chi connectivity index (χ0n) is 16.1. The van der Waals surface area contributed by atoms with Crippen molar-refractivity contribution < 1.29 is 9.53 Å². The summed E-state index contributed by atoms with van der Waals surface area (Å²) in [6.45, 7) is 2.18. The third kappa shape index (κ3) is 2.79. The van der Waals surface area contributed by atoms with Gasteiger partial charge in [0.15, 0.2) is 5.78 Å². The van der Waals surface area contributed by atoms with Crippen molar-refractivity contribution >= 4 is 34.5 Å². The Morgan fingerprint density at radius 1 is 1.24 bits per heavy atom. The predicted octanol–water partition coefficient (Wildman–Crippen LogP) is 0.872. The standard InChI is InChI=1S/C22H23N3O3S/c26-19-15(12-23-22(19)6-7-22)21-24-20(27)18(29-21)11-13-4-5-17-16(10-13)25(8-9-28-17)14-2-1-3-14/h4-5,10-11,14,23H,1-3,6-9,12H2,(H,24,27)/b18-11-,21-15+. The summed E-state index contributed by atoms with van der Waals surface area (Å²) in [5, 5.41) is 3.31. The first kappa shape index (κ1) is 17.5. The van der Waals surface area contributed by atoms with Crippen molar-refractivity contribution in [3.8, 4) is 5.75 Å². The van der Waals surface area contributed by atoms with E-state index in [-0.39, 0.29) is 16.9 Å². The van der Waals surface area contributed by atoms with Crippen LogP contribution in [0.4, 0.5) is 5.69 Å². The van der Waals surface area contributed by atoms with E-state index in [2.05, 4.69) is 21.3 Å². The highest BCUT2D eigenvalue weighted by Gasteiger charge is 2.54. The summed E-state index contributed by atoms with van der Waals surface area (Å²) in [6, 6.07) is 6.73. The number of hydrogen-bond donors (Lipinski definition) is 2. The number of Topliss-reactive ketones (excluding diaryl/α,β-unsaturated/α-hetero) is 1. The average Bonchev–Trinajstić information content (AvgIpc) is 3.29. The Bertz CT molecular complexity index is 1190. The molecule has 0 amide bonds. The van der Waals surface area contributed by atoms with Gasteiger partial charge in [0.25, 0.3) is 5.56 Å². The molecule has 0 atom stereocenters. The summed E-state index contributed by atoms with van der Waals surface area (Å²) in [6.07, 6.45) is 7.50. The summed E-state index contributed by atoms with van der Waals surface area (Å²) in [5.41, 5.74) is 2.37. The number of nitrogens with one attached hydrogen (secondary N) is 2. The number of thiazole rings is 1. The molecule has 1 aromatic heterocycles. The monoisotopic (exact) mass is 409 g/mol. The van der Waals surface area contributed by atoms with Crippen molar-refractivity contribution in [2.45, 2.75) is 43.7 Å². The number of benzene rings is 1. The quantitative estimate of drug-likeness (QED) is 0.770. The van der Waals surface area contributed by atoms with Crippen LogP contribution < -0.4 is 29.7 Å². The van der Waals surface area contributed by atoms with Gasteiger partial charge in [-0.2, -0.15) is 0 Å². The molecule has 6 rings (SSSR count). The average molecular weight is 410 g/mol. The fourth-order valence-corrected chi connectivity index (χ4v) is 5.56. The van der Waals surface area contributed by atoms with Crippen LogP contribution in [0.25, 0.3) is 11.6 Å². The summed E-state index contributed by atoms with van der Waals surface area (Å²) in [5.74, 6) is 1.08. The molecular formula is C22H23N3O3S. The Hall–Kier alpha value is -2.38. The van der Waals surface area contributed by atoms with E-state index in [1.807, 2.05) is 18.2 Å². The fraction of sp³-hybridized carbons (Fsp3) is 0.455. The number of anilines is 1. The number of carbonyl (C=O) groups is 1. The van der Waals surface area contributed by atoms with Gasteiger partial charge in [-0.25, -0.2) is 0 Å². The van der Waals surface area contributed by atoms with Gasteiger partial charge in [-0.05, 0) is 55.9 Å². The smallest absolute Gasteiger partial charge is 0.266 e. The summed E-state index contributed by atoms with van der Waals surface area (Å²) < 4.78 is 7.16. The van der Waals surface area contributed by atoms with Crippen LogP contribution in [0.15, 0.2) is 23.0 Å². The summed E-state index contributed by atoms with van der Waals surface area (Å²) >= 11 is 1.38. The first-order valence-corrected chi connectivity index (χ1v) is 11.2. The number of carbonyl (C=O) groups excluding carboxylic acids is 1. The molecule has 4 aliphatic rings. The van der Waals surface area contributed by atoms with E-state index in [0.717, 1.165) is 48.6 Å². The van der Waals surface area contributed by atoms with Crippen molar-refractivity contribution in [3.05, 3.63) is 43.3 Å². The Morgan fingerprint density at radius 2 is 2.10 bits per heavy atom. The van der Waals surface area contributed by atoms with E-state index in [1.165, 1.54) is 30.6 Å². The molecule has 3 heterocycles. The lowest BCUT2D eigenvalue weighted by atomic mass is 9.90. The van der Waals surface area contributed by atoms with Crippen LogP contribution in [0.5, 0.6) is 5.75 Å². The van der Waals surface area contributed by atoms with Gasteiger partial charge in [0.1, 0.15) is 17.0 Å². The second-order valence-electron chi connectivity index (χ2n) is 8.49. The van der Waals surface area contributed by atoms with Crippen molar-refractivity contribution in [2.75, 3.05) is 24.6 Å². The Balaban J connectivity index is 1.39. The van der Waals surface area contributed by atoms with Crippen molar-refractivity contribution in [1.82, 2.24) is 10.3 Å². The number of nitrogens with zero attached hydrogens (tertiary/aromatic N) is 1. The van der Waals surface area contributed by atoms with Gasteiger partial charge < -0.3 is 19.9 Å². The summed E-state index contributed by atoms with van der Waals surface area (Å²) in [4.78, 5) is 30.5. The zero-order valence-corrected chi connectivity index (χ0v) is 16.9. The van der Waals surface area contributed by atoms with Crippen LogP contribution in [0.2, 0.25) is 0 Å². The van der Waals surface area contributed by atoms with E-state index in [9.17, 15) is 9.59 Å². The van der Waals surface area contributed by atoms with E-state index >= 15 is 0 Å². The largest absolute Gasteiger partial charge is 0.490 e. The summed E-state index contributed by atoms with van der Waals surface area (Å²) in [7, 11) is 0. The number of aromatic nitrogens is 1. The second kappa shape index (κ2) is 6.31. The van der Waals surface area contributed by atoms with Crippen LogP contribution in [0, 0.1) is 0 Å². The number of hydrogen-bond acceptors (Lipinski definition) is 6. The maximum absolute atomic E-state index is 12.6. The van der Waals surface area contributed by atoms with Crippen LogP contribution >= 0.6 is 11.3 Å². The SMILES string of the molecule is O=C1/C(=c2\[nH]c(=O)/c(=C/c3ccc4c(c3)N(C3CCC3)CCO4)s2)CNC12CC2. The molecule has 150 valence electrons. The third-order valence-electron chi connectivity index (χ3n) is 6.69. The molecular weight excluding hydrogens is 386 g/mol. The molecule has 2 N–H and O–H groups in total. The molecule has 2 aromatic rings. The van der Waals surface area contributed by atoms with Gasteiger partial charge in [-0.1, -0.05) is 6.07 Å². The van der Waals surface area contributed by atoms with E-state index in [0.29, 0.717) is 21.8 Å². The molecule has 1 spiro atoms. The minimum atomic E-state index is -0.330. The normalized spacial score (nSPS) is 25.2. The van der Waals surface area contributed by atoms with E-state index in [4.69, 9.17) is 4.74 Å². The highest BCUT2D eigenvalue weighted by molar-refractivity contribution is 7.07. The minimum absolute atomic E-state index is 0.133. The van der Waals surface area contributed by atoms with E-state index in [1.54, 1.807) is 0 Å². The number of fused-ring (bicyclic) bond motifs is 1. The van der Waals surface area contributed by atoms with Gasteiger partial charge >= 0.3 is 0 Å². The van der Waals surface area contributed by atoms with Gasteiger partial charge in [0.05, 0.1) is 22.3 Å². The molecule has 6 nitrogen and oxygen atoms in total. The van der Waals surface area contributed by atoms with Crippen LogP contribution in [-0.2, 0) is 4.79 Å². The molecule has 0 bridgehead atoms. The lowest BCUT2D eigenvalue weighted by Crippen LogP contribution is -2.44. The van der Waals surface area contributed by atoms with Crippen molar-refractivity contribution in [1.29, 1.82) is 0 Å². The predicted molar refractivity (Wildman–Crippen MR) is 113 cm³/mol. The Kier molecular flexibility index (Phi) is 3.80. The lowest BCUT2D eigenvalue weighted by molar-refractivity contribution is -0.115. The van der Waals surface area contributed by atoms with E-state index < -0.39 is 0 Å². The maximum atomic E-state index is 12.6. The molecule has 0 radical (unpaired) electrons. The molecule has 7 heteroatoms. The number of ether oxygens (including phenoxy) is 1. The molecule has 1 saturated heterocycles. The molecule has 2 aliphatic heterocycles. The number of aromatic amines is 1. The zero-order chi connectivity index (χ0) is 19.6. The van der Waals surface area contributed by atoms with Gasteiger partial charge in [0, 0.05) is 18.2 Å². The minimum Gasteiger partial charge on any atom is -0.490 e. The molecule has 0 unspecified atom stereocenters. The third-order valence-corrected chi connectivity index (χ3v) is 7.77. The number of H-pyrrole nitrogens is 1. The molecule has 2 aliphatic carbocycles. The Morgan fingerprint density at radius 3 is 2.83 bits per heavy atom. The fourth-order valence-electron chi connectivity index (χ4n) is 4.57. The number of ketones is 1. The van der Waals surface area contributed by atoms with Crippen LogP contribution in [-0.4, -0.2) is 42.0 Å². The van der Waals surface area contributed by atoms with Crippen LogP contribution in [0.1, 0.15) is 37.7 Å². The molecule has 2 saturated carbocycles. The van der Waals surface area contributed by atoms with Crippen molar-refractivity contribution in [2.24, 2.45) is 0 Å². The maximum Gasteiger partial charge on any atom is 0.266 e. The molecule has 3 fully saturated rings. The van der Waals surface area contributed by atoms with Crippen LogP contribution in [0.3, 0.4) is 0 Å². The second-order valence-corrected chi connectivity index (χ2v) is 9.54. The first-order valence-electron chi connectivity index (χ1n) is 10.4.